The fourth-order valence-electron chi connectivity index (χ4n) is 6.35. The monoisotopic (exact) mass is 540 g/mol. The van der Waals surface area contributed by atoms with E-state index in [1.165, 1.54) is 18.4 Å². The van der Waals surface area contributed by atoms with Crippen molar-refractivity contribution in [2.24, 2.45) is 11.3 Å². The van der Waals surface area contributed by atoms with Crippen LogP contribution in [-0.4, -0.2) is 38.2 Å². The molecule has 5 rings (SSSR count). The van der Waals surface area contributed by atoms with Gasteiger partial charge in [-0.25, -0.2) is 0 Å². The summed E-state index contributed by atoms with van der Waals surface area (Å²) in [7, 11) is 5.45. The summed E-state index contributed by atoms with van der Waals surface area (Å²) in [5, 5.41) is 14.3. The van der Waals surface area contributed by atoms with Gasteiger partial charge in [0.15, 0.2) is 0 Å². The van der Waals surface area contributed by atoms with Gasteiger partial charge in [0.2, 0.25) is 5.91 Å². The number of esters is 1. The quantitative estimate of drug-likeness (QED) is 0.327. The van der Waals surface area contributed by atoms with Crippen LogP contribution in [0.1, 0.15) is 56.1 Å². The number of nitrogens with one attached hydrogen (secondary N) is 1. The van der Waals surface area contributed by atoms with Crippen molar-refractivity contribution in [3.8, 4) is 11.1 Å². The zero-order valence-corrected chi connectivity index (χ0v) is 23.8. The Kier molecular flexibility index (Phi) is 7.99. The third-order valence-electron chi connectivity index (χ3n) is 8.87. The number of carbonyl (C=O) groups excluding carboxylic acids is 2. The molecule has 6 heteroatoms. The largest absolute Gasteiger partial charge is 0.469 e. The molecule has 0 saturated heterocycles. The normalized spacial score (nSPS) is 21.6. The molecule has 0 bridgehead atoms. The maximum Gasteiger partial charge on any atom is 0.308 e. The Morgan fingerprint density at radius 2 is 1.55 bits per heavy atom. The van der Waals surface area contributed by atoms with Gasteiger partial charge in [-0.3, -0.25) is 9.59 Å². The summed E-state index contributed by atoms with van der Waals surface area (Å²) in [5.41, 5.74) is 4.53. The van der Waals surface area contributed by atoms with Crippen LogP contribution >= 0.6 is 0 Å². The average molecular weight is 541 g/mol. The van der Waals surface area contributed by atoms with Crippen LogP contribution in [0.25, 0.3) is 11.1 Å². The van der Waals surface area contributed by atoms with Gasteiger partial charge in [0.1, 0.15) is 0 Å². The second-order valence-electron chi connectivity index (χ2n) is 11.9. The van der Waals surface area contributed by atoms with Gasteiger partial charge in [-0.2, -0.15) is 0 Å². The molecule has 1 amide bonds. The fraction of sp³-hybridized carbons (Fsp3) is 0.412. The highest BCUT2D eigenvalue weighted by molar-refractivity contribution is 5.95. The number of amides is 1. The lowest BCUT2D eigenvalue weighted by molar-refractivity contribution is -0.163. The van der Waals surface area contributed by atoms with E-state index in [4.69, 9.17) is 4.74 Å². The van der Waals surface area contributed by atoms with E-state index in [2.05, 4.69) is 58.7 Å². The van der Waals surface area contributed by atoms with Gasteiger partial charge >= 0.3 is 5.97 Å². The number of nitrogens with zero attached hydrogens (tertiary/aromatic N) is 1. The lowest BCUT2D eigenvalue weighted by Gasteiger charge is -2.42. The van der Waals surface area contributed by atoms with Crippen molar-refractivity contribution >= 4 is 23.3 Å². The van der Waals surface area contributed by atoms with E-state index in [0.29, 0.717) is 24.9 Å². The maximum absolute atomic E-state index is 13.9. The van der Waals surface area contributed by atoms with E-state index >= 15 is 0 Å². The summed E-state index contributed by atoms with van der Waals surface area (Å²) in [5.74, 6) is -0.535. The topological polar surface area (TPSA) is 78.9 Å². The number of carbonyl (C=O) groups is 2. The molecular formula is C34H40N2O4. The molecule has 3 aromatic rings. The Balaban J connectivity index is 1.29. The van der Waals surface area contributed by atoms with Crippen LogP contribution in [0.4, 0.5) is 11.4 Å². The molecule has 2 aliphatic rings. The van der Waals surface area contributed by atoms with Crippen LogP contribution in [0.2, 0.25) is 0 Å². The molecule has 2 saturated carbocycles. The summed E-state index contributed by atoms with van der Waals surface area (Å²) in [6, 6.07) is 24.6. The minimum atomic E-state index is -1.07. The highest BCUT2D eigenvalue weighted by Crippen LogP contribution is 2.47. The van der Waals surface area contributed by atoms with Gasteiger partial charge in [0.05, 0.1) is 24.0 Å². The molecule has 6 nitrogen and oxygen atoms in total. The van der Waals surface area contributed by atoms with Crippen molar-refractivity contribution in [3.05, 3.63) is 83.9 Å². The second kappa shape index (κ2) is 11.5. The minimum Gasteiger partial charge on any atom is -0.469 e. The smallest absolute Gasteiger partial charge is 0.308 e. The van der Waals surface area contributed by atoms with E-state index in [1.807, 2.05) is 38.4 Å². The maximum atomic E-state index is 13.9. The van der Waals surface area contributed by atoms with Crippen molar-refractivity contribution in [1.29, 1.82) is 0 Å². The van der Waals surface area contributed by atoms with E-state index in [-0.39, 0.29) is 17.8 Å². The van der Waals surface area contributed by atoms with Gasteiger partial charge in [-0.05, 0) is 78.6 Å². The van der Waals surface area contributed by atoms with E-state index in [9.17, 15) is 14.7 Å². The summed E-state index contributed by atoms with van der Waals surface area (Å²) in [4.78, 5) is 27.8. The van der Waals surface area contributed by atoms with Gasteiger partial charge in [-0.15, -0.1) is 0 Å². The summed E-state index contributed by atoms with van der Waals surface area (Å²) in [6.45, 7) is 0. The molecule has 210 valence electrons. The van der Waals surface area contributed by atoms with Crippen LogP contribution in [-0.2, 0) is 26.3 Å². The first-order chi connectivity index (χ1) is 19.2. The Morgan fingerprint density at radius 3 is 2.15 bits per heavy atom. The molecular weight excluding hydrogens is 500 g/mol. The van der Waals surface area contributed by atoms with Crippen LogP contribution < -0.4 is 10.2 Å². The summed E-state index contributed by atoms with van der Waals surface area (Å²) in [6.07, 6.45) is 6.31. The Morgan fingerprint density at radius 1 is 0.925 bits per heavy atom. The van der Waals surface area contributed by atoms with Crippen LogP contribution in [0.5, 0.6) is 0 Å². The Hall–Kier alpha value is -3.64. The minimum absolute atomic E-state index is 0.0423. The SMILES string of the molecule is COC(=O)C1CC(O)(c2cccc(NC(=O)C3(Cc4ccc(-c5ccc(N(C)C)cc5)cc4)CCCCC3)c2)C1. The number of rotatable bonds is 8. The average Bonchev–Trinajstić information content (AvgIpc) is 2.96. The second-order valence-corrected chi connectivity index (χ2v) is 11.9. The molecule has 0 aromatic heterocycles. The van der Waals surface area contributed by atoms with Crippen molar-refractivity contribution in [2.45, 2.75) is 57.0 Å². The molecule has 2 aliphatic carbocycles. The van der Waals surface area contributed by atoms with Crippen molar-refractivity contribution in [1.82, 2.24) is 0 Å². The zero-order chi connectivity index (χ0) is 28.3. The Bertz CT molecular complexity index is 1340. The number of benzene rings is 3. The molecule has 0 heterocycles. The number of anilines is 2. The fourth-order valence-corrected chi connectivity index (χ4v) is 6.35. The molecule has 2 fully saturated rings. The first-order valence-corrected chi connectivity index (χ1v) is 14.3. The highest BCUT2D eigenvalue weighted by Gasteiger charge is 2.48. The molecule has 2 N–H and O–H groups in total. The predicted molar refractivity (Wildman–Crippen MR) is 159 cm³/mol. The molecule has 3 aromatic carbocycles. The standard InChI is InChI=1S/C34H40N2O4/c1-36(2)30-16-14-26(15-17-30)25-12-10-24(11-13-25)21-33(18-5-4-6-19-33)32(38)35-29-9-7-8-28(20-29)34(39)22-27(23-34)31(37)40-3/h7-17,20,27,39H,4-6,18-19,21-23H2,1-3H3,(H,35,38). The van der Waals surface area contributed by atoms with Gasteiger partial charge in [0.25, 0.3) is 0 Å². The Labute approximate surface area is 237 Å². The molecule has 0 aliphatic heterocycles. The molecule has 0 unspecified atom stereocenters. The molecule has 0 radical (unpaired) electrons. The van der Waals surface area contributed by atoms with Crippen LogP contribution in [0.15, 0.2) is 72.8 Å². The third-order valence-corrected chi connectivity index (χ3v) is 8.87. The first-order valence-electron chi connectivity index (χ1n) is 14.3. The highest BCUT2D eigenvalue weighted by atomic mass is 16.5. The van der Waals surface area contributed by atoms with Gasteiger partial charge < -0.3 is 20.1 Å². The molecule has 0 spiro atoms. The van der Waals surface area contributed by atoms with Gasteiger partial charge in [-0.1, -0.05) is 67.8 Å². The van der Waals surface area contributed by atoms with E-state index in [0.717, 1.165) is 48.8 Å². The van der Waals surface area contributed by atoms with Crippen molar-refractivity contribution < 1.29 is 19.4 Å². The molecule has 0 atom stereocenters. The number of methoxy groups -OCH3 is 1. The number of hydrogen-bond acceptors (Lipinski definition) is 5. The number of ether oxygens (including phenoxy) is 1. The lowest BCUT2D eigenvalue weighted by Crippen LogP contribution is -2.45. The van der Waals surface area contributed by atoms with Crippen LogP contribution in [0.3, 0.4) is 0 Å². The number of aliphatic hydroxyl groups is 1. The summed E-state index contributed by atoms with van der Waals surface area (Å²) < 4.78 is 4.82. The molecule has 40 heavy (non-hydrogen) atoms. The summed E-state index contributed by atoms with van der Waals surface area (Å²) >= 11 is 0. The van der Waals surface area contributed by atoms with E-state index in [1.54, 1.807) is 0 Å². The zero-order valence-electron chi connectivity index (χ0n) is 23.8. The van der Waals surface area contributed by atoms with Crippen molar-refractivity contribution in [2.75, 3.05) is 31.4 Å². The van der Waals surface area contributed by atoms with Crippen molar-refractivity contribution in [3.63, 3.8) is 0 Å². The third kappa shape index (κ3) is 5.78. The van der Waals surface area contributed by atoms with Crippen LogP contribution in [0, 0.1) is 11.3 Å². The lowest BCUT2D eigenvalue weighted by atomic mass is 9.67. The van der Waals surface area contributed by atoms with Gasteiger partial charge in [0, 0.05) is 25.5 Å². The predicted octanol–water partition coefficient (Wildman–Crippen LogP) is 6.32. The number of hydrogen-bond donors (Lipinski definition) is 2. The van der Waals surface area contributed by atoms with E-state index < -0.39 is 11.0 Å². The first kappa shape index (κ1) is 27.9.